The largest absolute Gasteiger partial charge is 0.481 e. The highest BCUT2D eigenvalue weighted by atomic mass is 16.4. The number of aliphatic carboxylic acids is 1. The van der Waals surface area contributed by atoms with Crippen molar-refractivity contribution in [2.75, 3.05) is 5.32 Å². The van der Waals surface area contributed by atoms with Gasteiger partial charge in [0.05, 0.1) is 17.3 Å². The molecule has 0 amide bonds. The Morgan fingerprint density at radius 2 is 1.88 bits per heavy atom. The Bertz CT molecular complexity index is 910. The minimum absolute atomic E-state index is 0.0559. The molecule has 1 saturated carbocycles. The Labute approximate surface area is 145 Å². The number of hydrogen-bond donors (Lipinski definition) is 2. The van der Waals surface area contributed by atoms with Crippen LogP contribution in [-0.2, 0) is 11.8 Å². The predicted molar refractivity (Wildman–Crippen MR) is 95.0 cm³/mol. The van der Waals surface area contributed by atoms with Crippen LogP contribution in [0.1, 0.15) is 12.1 Å². The first kappa shape index (κ1) is 15.7. The van der Waals surface area contributed by atoms with Crippen molar-refractivity contribution in [1.29, 1.82) is 0 Å². The Morgan fingerprint density at radius 1 is 1.20 bits per heavy atom. The van der Waals surface area contributed by atoms with Gasteiger partial charge in [0, 0.05) is 13.1 Å². The first-order valence-corrected chi connectivity index (χ1v) is 8.50. The minimum atomic E-state index is -0.800. The lowest BCUT2D eigenvalue weighted by Gasteiger charge is -2.26. The summed E-state index contributed by atoms with van der Waals surface area (Å²) in [6, 6.07) is 9.19. The summed E-state index contributed by atoms with van der Waals surface area (Å²) in [5, 5.41) is 12.9. The molecule has 130 valence electrons. The van der Waals surface area contributed by atoms with Crippen LogP contribution in [0.3, 0.4) is 0 Å². The topological polar surface area (TPSA) is 76.3 Å². The third-order valence-corrected chi connectivity index (χ3v) is 5.61. The van der Waals surface area contributed by atoms with E-state index in [1.54, 1.807) is 9.36 Å². The zero-order valence-corrected chi connectivity index (χ0v) is 14.2. The van der Waals surface area contributed by atoms with Gasteiger partial charge < -0.3 is 10.4 Å². The number of nitrogens with zero attached hydrogens (tertiary/aromatic N) is 2. The third kappa shape index (κ3) is 2.32. The quantitative estimate of drug-likeness (QED) is 0.837. The summed E-state index contributed by atoms with van der Waals surface area (Å²) in [4.78, 5) is 24.7. The van der Waals surface area contributed by atoms with E-state index in [1.165, 1.54) is 0 Å². The molecule has 1 aromatic heterocycles. The van der Waals surface area contributed by atoms with Gasteiger partial charge in [-0.2, -0.15) is 0 Å². The van der Waals surface area contributed by atoms with E-state index in [2.05, 4.69) is 11.4 Å². The Kier molecular flexibility index (Phi) is 3.56. The van der Waals surface area contributed by atoms with E-state index in [4.69, 9.17) is 0 Å². The predicted octanol–water partition coefficient (Wildman–Crippen LogP) is 2.17. The van der Waals surface area contributed by atoms with Crippen molar-refractivity contribution in [3.63, 3.8) is 0 Å². The van der Waals surface area contributed by atoms with E-state index in [1.807, 2.05) is 50.4 Å². The minimum Gasteiger partial charge on any atom is -0.481 e. The smallest absolute Gasteiger partial charge is 0.309 e. The van der Waals surface area contributed by atoms with Crippen LogP contribution in [-0.4, -0.2) is 26.5 Å². The molecule has 2 aromatic rings. The zero-order chi connectivity index (χ0) is 17.7. The molecule has 0 unspecified atom stereocenters. The van der Waals surface area contributed by atoms with Crippen molar-refractivity contribution in [2.45, 2.75) is 19.4 Å². The van der Waals surface area contributed by atoms with Crippen molar-refractivity contribution in [3.05, 3.63) is 58.5 Å². The second kappa shape index (κ2) is 5.65. The molecule has 25 heavy (non-hydrogen) atoms. The summed E-state index contributed by atoms with van der Waals surface area (Å²) >= 11 is 0. The van der Waals surface area contributed by atoms with Crippen LogP contribution in [0, 0.1) is 24.7 Å². The SMILES string of the molecule is Cc1c(N[C@@H]2[C@@H](C(=O)O)[C@H]3C=C[C@H]2C3)c(=O)n(-c2ccccc2)n1C. The van der Waals surface area contributed by atoms with Crippen LogP contribution < -0.4 is 10.9 Å². The molecule has 0 aliphatic heterocycles. The number of benzene rings is 1. The van der Waals surface area contributed by atoms with E-state index < -0.39 is 11.9 Å². The molecule has 1 fully saturated rings. The summed E-state index contributed by atoms with van der Waals surface area (Å²) in [7, 11) is 1.84. The lowest BCUT2D eigenvalue weighted by molar-refractivity contribution is -0.142. The Morgan fingerprint density at radius 3 is 2.56 bits per heavy atom. The van der Waals surface area contributed by atoms with Gasteiger partial charge in [-0.15, -0.1) is 0 Å². The van der Waals surface area contributed by atoms with Gasteiger partial charge in [0.2, 0.25) is 0 Å². The molecule has 2 aliphatic rings. The third-order valence-electron chi connectivity index (χ3n) is 5.61. The molecular weight excluding hydrogens is 318 g/mol. The van der Waals surface area contributed by atoms with Crippen LogP contribution in [0.5, 0.6) is 0 Å². The number of para-hydroxylation sites is 1. The zero-order valence-electron chi connectivity index (χ0n) is 14.2. The normalized spacial score (nSPS) is 27.0. The second-order valence-corrected chi connectivity index (χ2v) is 6.92. The number of allylic oxidation sites excluding steroid dienone is 1. The number of hydrogen-bond acceptors (Lipinski definition) is 3. The van der Waals surface area contributed by atoms with Crippen LogP contribution >= 0.6 is 0 Å². The van der Waals surface area contributed by atoms with Crippen molar-refractivity contribution in [2.24, 2.45) is 24.8 Å². The number of carboxylic acid groups (broad SMARTS) is 1. The van der Waals surface area contributed by atoms with Crippen molar-refractivity contribution in [1.82, 2.24) is 9.36 Å². The molecule has 0 saturated heterocycles. The molecule has 4 rings (SSSR count). The molecular formula is C19H21N3O3. The van der Waals surface area contributed by atoms with E-state index in [0.717, 1.165) is 17.8 Å². The Hall–Kier alpha value is -2.76. The average Bonchev–Trinajstić information content (AvgIpc) is 3.25. The monoisotopic (exact) mass is 339 g/mol. The van der Waals surface area contributed by atoms with Gasteiger partial charge in [-0.25, -0.2) is 4.68 Å². The summed E-state index contributed by atoms with van der Waals surface area (Å²) in [6.07, 6.45) is 4.92. The number of aromatic nitrogens is 2. The maximum atomic E-state index is 13.0. The number of fused-ring (bicyclic) bond motifs is 2. The molecule has 6 nitrogen and oxygen atoms in total. The van der Waals surface area contributed by atoms with Crippen LogP contribution in [0.4, 0.5) is 5.69 Å². The number of carboxylic acids is 1. The molecule has 0 radical (unpaired) electrons. The molecule has 0 spiro atoms. The number of rotatable bonds is 4. The fourth-order valence-electron chi connectivity index (χ4n) is 4.26. The van der Waals surface area contributed by atoms with Crippen LogP contribution in [0.25, 0.3) is 5.69 Å². The van der Waals surface area contributed by atoms with Gasteiger partial charge in [0.15, 0.2) is 0 Å². The van der Waals surface area contributed by atoms with Gasteiger partial charge in [0.1, 0.15) is 5.69 Å². The average molecular weight is 339 g/mol. The number of carbonyl (C=O) groups is 1. The fourth-order valence-corrected chi connectivity index (χ4v) is 4.26. The van der Waals surface area contributed by atoms with Crippen molar-refractivity contribution >= 4 is 11.7 Å². The number of nitrogens with one attached hydrogen (secondary N) is 1. The molecule has 1 heterocycles. The highest BCUT2D eigenvalue weighted by molar-refractivity contribution is 5.74. The lowest BCUT2D eigenvalue weighted by atomic mass is 9.89. The molecule has 6 heteroatoms. The van der Waals surface area contributed by atoms with Gasteiger partial charge in [-0.1, -0.05) is 30.4 Å². The number of anilines is 1. The van der Waals surface area contributed by atoms with Crippen molar-refractivity contribution in [3.8, 4) is 5.69 Å². The molecule has 4 atom stereocenters. The highest BCUT2D eigenvalue weighted by Crippen LogP contribution is 2.45. The van der Waals surface area contributed by atoms with E-state index >= 15 is 0 Å². The summed E-state index contributed by atoms with van der Waals surface area (Å²) < 4.78 is 3.41. The molecule has 2 aliphatic carbocycles. The fraction of sp³-hybridized carbons (Fsp3) is 0.368. The van der Waals surface area contributed by atoms with E-state index in [9.17, 15) is 14.7 Å². The molecule has 2 bridgehead atoms. The molecule has 1 aromatic carbocycles. The maximum Gasteiger partial charge on any atom is 0.309 e. The van der Waals surface area contributed by atoms with Crippen LogP contribution in [0.2, 0.25) is 0 Å². The lowest BCUT2D eigenvalue weighted by Crippen LogP contribution is -2.39. The van der Waals surface area contributed by atoms with E-state index in [0.29, 0.717) is 5.69 Å². The van der Waals surface area contributed by atoms with Gasteiger partial charge in [-0.05, 0) is 37.3 Å². The van der Waals surface area contributed by atoms with Gasteiger partial charge in [0.25, 0.3) is 5.56 Å². The first-order chi connectivity index (χ1) is 12.0. The summed E-state index contributed by atoms with van der Waals surface area (Å²) in [5.74, 6) is -1.07. The van der Waals surface area contributed by atoms with E-state index in [-0.39, 0.29) is 23.4 Å². The summed E-state index contributed by atoms with van der Waals surface area (Å²) in [6.45, 7) is 1.88. The van der Waals surface area contributed by atoms with Crippen LogP contribution in [0.15, 0.2) is 47.3 Å². The Balaban J connectivity index is 1.74. The maximum absolute atomic E-state index is 13.0. The second-order valence-electron chi connectivity index (χ2n) is 6.92. The highest BCUT2D eigenvalue weighted by Gasteiger charge is 2.48. The molecule has 2 N–H and O–H groups in total. The van der Waals surface area contributed by atoms with Crippen molar-refractivity contribution < 1.29 is 9.90 Å². The first-order valence-electron chi connectivity index (χ1n) is 8.50. The standard InChI is InChI=1S/C19H21N3O3/c1-11-16(18(23)22(21(11)2)14-6-4-3-5-7-14)20-17-13-9-8-12(10-13)15(17)19(24)25/h3-9,12-13,15,17,20H,10H2,1-2H3,(H,24,25)/t12-,13-,15-,17-/m0/s1. The van der Waals surface area contributed by atoms with Gasteiger partial charge >= 0.3 is 5.97 Å². The van der Waals surface area contributed by atoms with Gasteiger partial charge in [-0.3, -0.25) is 14.3 Å². The summed E-state index contributed by atoms with van der Waals surface area (Å²) in [5.41, 5.74) is 1.92.